The van der Waals surface area contributed by atoms with E-state index in [1.165, 1.54) is 49.5 Å². The largest absolute Gasteiger partial charge is 0.494 e. The maximum atomic E-state index is 15.0. The Kier molecular flexibility index (Phi) is 10.7. The van der Waals surface area contributed by atoms with Crippen LogP contribution < -0.4 is 25.3 Å². The number of carbonyl (C=O) groups is 1. The molecule has 288 valence electrons. The van der Waals surface area contributed by atoms with Crippen LogP contribution >= 0.6 is 0 Å². The fourth-order valence-corrected chi connectivity index (χ4v) is 8.44. The summed E-state index contributed by atoms with van der Waals surface area (Å²) in [5.41, 5.74) is 3.95. The minimum atomic E-state index is -0.426. The van der Waals surface area contributed by atoms with Gasteiger partial charge in [0, 0.05) is 69.4 Å². The van der Waals surface area contributed by atoms with E-state index in [2.05, 4.69) is 48.8 Å². The third kappa shape index (κ3) is 8.14. The van der Waals surface area contributed by atoms with Crippen LogP contribution in [0.4, 0.5) is 37.5 Å². The Morgan fingerprint density at radius 1 is 0.909 bits per heavy atom. The van der Waals surface area contributed by atoms with Gasteiger partial charge in [0.15, 0.2) is 5.82 Å². The van der Waals surface area contributed by atoms with Crippen LogP contribution in [-0.4, -0.2) is 90.2 Å². The lowest BCUT2D eigenvalue weighted by molar-refractivity contribution is -0.111. The minimum absolute atomic E-state index is 0.311. The maximum absolute atomic E-state index is 15.0. The van der Waals surface area contributed by atoms with Gasteiger partial charge in [0.2, 0.25) is 5.91 Å². The van der Waals surface area contributed by atoms with Gasteiger partial charge in [-0.1, -0.05) is 18.7 Å². The van der Waals surface area contributed by atoms with E-state index in [0.717, 1.165) is 57.3 Å². The molecule has 1 aliphatic carbocycles. The Bertz CT molecular complexity index is 2040. The number of methoxy groups -OCH3 is 1. The summed E-state index contributed by atoms with van der Waals surface area (Å²) in [6.07, 6.45) is 8.06. The number of piperidine rings is 1. The highest BCUT2D eigenvalue weighted by atomic mass is 19.1. The molecule has 13 heteroatoms. The van der Waals surface area contributed by atoms with Gasteiger partial charge in [-0.15, -0.1) is 0 Å². The molecule has 55 heavy (non-hydrogen) atoms. The number of nitrogens with one attached hydrogen (secondary N) is 2. The van der Waals surface area contributed by atoms with Gasteiger partial charge < -0.3 is 20.3 Å². The van der Waals surface area contributed by atoms with Crippen LogP contribution in [0.2, 0.25) is 0 Å². The predicted molar refractivity (Wildman–Crippen MR) is 211 cm³/mol. The lowest BCUT2D eigenvalue weighted by Gasteiger charge is -2.46. The summed E-state index contributed by atoms with van der Waals surface area (Å²) in [5, 5.41) is 8.03. The van der Waals surface area contributed by atoms with Crippen molar-refractivity contribution in [3.63, 3.8) is 0 Å². The molecule has 1 aromatic heterocycles. The normalized spacial score (nSPS) is 21.1. The number of benzene rings is 3. The molecule has 4 aromatic rings. The van der Waals surface area contributed by atoms with E-state index in [1.807, 2.05) is 18.2 Å². The highest BCUT2D eigenvalue weighted by Crippen LogP contribution is 2.41. The van der Waals surface area contributed by atoms with Crippen LogP contribution in [0.25, 0.3) is 11.1 Å². The molecule has 2 unspecified atom stereocenters. The number of nitrogens with zero attached hydrogens (tertiary/aromatic N) is 6. The Balaban J connectivity index is 1.00. The summed E-state index contributed by atoms with van der Waals surface area (Å²) < 4.78 is 34.9. The van der Waals surface area contributed by atoms with Gasteiger partial charge in [-0.05, 0) is 91.8 Å². The van der Waals surface area contributed by atoms with Gasteiger partial charge in [-0.2, -0.15) is 0 Å². The number of hydroxylamine groups is 1. The van der Waals surface area contributed by atoms with Crippen LogP contribution in [0.5, 0.6) is 5.75 Å². The number of hydrogen-bond acceptors (Lipinski definition) is 10. The topological polar surface area (TPSA) is 98.3 Å². The summed E-state index contributed by atoms with van der Waals surface area (Å²) >= 11 is 0. The molecule has 3 saturated heterocycles. The summed E-state index contributed by atoms with van der Waals surface area (Å²) in [7, 11) is 1.62. The first-order chi connectivity index (χ1) is 26.8. The summed E-state index contributed by atoms with van der Waals surface area (Å²) in [6, 6.07) is 18.0. The van der Waals surface area contributed by atoms with Crippen molar-refractivity contribution in [2.45, 2.75) is 63.2 Å². The van der Waals surface area contributed by atoms with Crippen molar-refractivity contribution in [1.29, 1.82) is 0 Å². The molecule has 2 atom stereocenters. The zero-order chi connectivity index (χ0) is 38.1. The van der Waals surface area contributed by atoms with E-state index < -0.39 is 5.82 Å². The average molecular weight is 751 g/mol. The highest BCUT2D eigenvalue weighted by Gasteiger charge is 2.38. The number of piperazine rings is 1. The number of aromatic nitrogens is 2. The molecular formula is C42H48F2N8O3. The zero-order valence-corrected chi connectivity index (χ0v) is 31.4. The summed E-state index contributed by atoms with van der Waals surface area (Å²) in [5.74, 6) is 0.388. The standard InChI is InChI=1S/C42H48F2N8O3/c1-4-42(53)48-35-22-36(39(54-3)23-38(35)49-13-10-33(11-14-49)50-15-16-51(27(2)25-50)34-8-9-34)47-40-24-41(46-26-45-40)52-37(12-17-55-52)30-18-29(20-32(44)21-30)28-6-5-7-31(43)19-28/h4-7,18-24,26-27,33-34,37H,1,8-17,25H2,2-3H3,(H,48,53)(H,45,46,47). The molecular weight excluding hydrogens is 703 g/mol. The number of amides is 1. The van der Waals surface area contributed by atoms with E-state index in [9.17, 15) is 13.6 Å². The Labute approximate surface area is 320 Å². The second-order valence-corrected chi connectivity index (χ2v) is 14.9. The first-order valence-electron chi connectivity index (χ1n) is 19.2. The molecule has 1 saturated carbocycles. The van der Waals surface area contributed by atoms with Crippen molar-refractivity contribution >= 4 is 34.6 Å². The number of carbonyl (C=O) groups excluding carboxylic acids is 1. The van der Waals surface area contributed by atoms with Gasteiger partial charge in [0.1, 0.15) is 29.5 Å². The molecule has 2 N–H and O–H groups in total. The quantitative estimate of drug-likeness (QED) is 0.152. The summed E-state index contributed by atoms with van der Waals surface area (Å²) in [4.78, 5) is 35.4. The van der Waals surface area contributed by atoms with E-state index in [0.29, 0.717) is 70.6 Å². The molecule has 11 nitrogen and oxygen atoms in total. The number of halogens is 2. The van der Waals surface area contributed by atoms with Crippen LogP contribution in [-0.2, 0) is 9.63 Å². The molecule has 0 spiro atoms. The number of hydrogen-bond donors (Lipinski definition) is 2. The molecule has 0 bridgehead atoms. The Morgan fingerprint density at radius 3 is 2.47 bits per heavy atom. The maximum Gasteiger partial charge on any atom is 0.247 e. The molecule has 1 amide bonds. The van der Waals surface area contributed by atoms with Gasteiger partial charge in [0.25, 0.3) is 0 Å². The average Bonchev–Trinajstić information content (AvgIpc) is 3.92. The van der Waals surface area contributed by atoms with Crippen molar-refractivity contribution in [3.8, 4) is 16.9 Å². The first kappa shape index (κ1) is 36.8. The molecule has 3 aromatic carbocycles. The van der Waals surface area contributed by atoms with Gasteiger partial charge >= 0.3 is 0 Å². The van der Waals surface area contributed by atoms with Crippen LogP contribution in [0.1, 0.15) is 50.6 Å². The van der Waals surface area contributed by atoms with E-state index in [4.69, 9.17) is 9.57 Å². The third-order valence-corrected chi connectivity index (χ3v) is 11.3. The second kappa shape index (κ2) is 15.9. The first-order valence-corrected chi connectivity index (χ1v) is 19.2. The molecule has 4 aliphatic rings. The predicted octanol–water partition coefficient (Wildman–Crippen LogP) is 7.32. The highest BCUT2D eigenvalue weighted by molar-refractivity contribution is 6.02. The minimum Gasteiger partial charge on any atom is -0.494 e. The fourth-order valence-electron chi connectivity index (χ4n) is 8.44. The molecule has 0 radical (unpaired) electrons. The lowest BCUT2D eigenvalue weighted by Crippen LogP contribution is -2.57. The van der Waals surface area contributed by atoms with Gasteiger partial charge in [-0.25, -0.2) is 23.8 Å². The Hall–Kier alpha value is -5.11. The second-order valence-electron chi connectivity index (χ2n) is 14.9. The third-order valence-electron chi connectivity index (χ3n) is 11.3. The van der Waals surface area contributed by atoms with Crippen LogP contribution in [0, 0.1) is 11.6 Å². The molecule has 4 fully saturated rings. The van der Waals surface area contributed by atoms with Crippen molar-refractivity contribution in [3.05, 3.63) is 96.8 Å². The van der Waals surface area contributed by atoms with Crippen LogP contribution in [0.3, 0.4) is 0 Å². The van der Waals surface area contributed by atoms with Crippen molar-refractivity contribution < 1.29 is 23.1 Å². The smallest absolute Gasteiger partial charge is 0.247 e. The summed E-state index contributed by atoms with van der Waals surface area (Å²) in [6.45, 7) is 11.6. The lowest BCUT2D eigenvalue weighted by atomic mass is 9.97. The van der Waals surface area contributed by atoms with Crippen molar-refractivity contribution in [2.75, 3.05) is 67.0 Å². The van der Waals surface area contributed by atoms with E-state index >= 15 is 0 Å². The molecule has 3 aliphatic heterocycles. The molecule has 8 rings (SSSR count). The Morgan fingerprint density at radius 2 is 1.73 bits per heavy atom. The number of ether oxygens (including phenoxy) is 1. The van der Waals surface area contributed by atoms with Gasteiger partial charge in [0.05, 0.1) is 36.8 Å². The SMILES string of the molecule is C=CC(=O)Nc1cc(Nc2cc(N3OCCC3c3cc(F)cc(-c4cccc(F)c4)c3)ncn2)c(OC)cc1N1CCC(N2CCN(C3CC3)C(C)C2)CC1. The van der Waals surface area contributed by atoms with Gasteiger partial charge in [-0.3, -0.25) is 19.4 Å². The molecule has 4 heterocycles. The van der Waals surface area contributed by atoms with E-state index in [1.54, 1.807) is 30.4 Å². The monoisotopic (exact) mass is 750 g/mol. The zero-order valence-electron chi connectivity index (χ0n) is 31.4. The number of anilines is 5. The number of rotatable bonds is 11. The fraction of sp³-hybridized carbons (Fsp3) is 0.405. The van der Waals surface area contributed by atoms with Crippen molar-refractivity contribution in [2.24, 2.45) is 0 Å². The van der Waals surface area contributed by atoms with E-state index in [-0.39, 0.29) is 17.8 Å². The van der Waals surface area contributed by atoms with Crippen LogP contribution in [0.15, 0.2) is 79.6 Å². The van der Waals surface area contributed by atoms with Crippen molar-refractivity contribution in [1.82, 2.24) is 19.8 Å².